The molecule has 1 aliphatic heterocycles. The largest absolute Gasteiger partial charge is 0.381 e. The van der Waals surface area contributed by atoms with Gasteiger partial charge in [-0.25, -0.2) is 0 Å². The summed E-state index contributed by atoms with van der Waals surface area (Å²) in [4.78, 5) is 11.8. The number of carbonyl (C=O) groups excluding carboxylic acids is 1. The summed E-state index contributed by atoms with van der Waals surface area (Å²) in [6, 6.07) is 7.89. The number of amides is 1. The first-order valence-electron chi connectivity index (χ1n) is 7.18. The zero-order valence-corrected chi connectivity index (χ0v) is 12.2. The molecule has 0 radical (unpaired) electrons. The Morgan fingerprint density at radius 1 is 1.32 bits per heavy atom. The van der Waals surface area contributed by atoms with Crippen LogP contribution in [-0.2, 0) is 9.53 Å². The van der Waals surface area contributed by atoms with E-state index in [0.717, 1.165) is 37.3 Å². The number of ether oxygens (including phenoxy) is 1. The maximum absolute atomic E-state index is 11.8. The molecule has 1 amide bonds. The Kier molecular flexibility index (Phi) is 7.19. The Balaban J connectivity index is 0.000000861. The number of hydrogen-bond acceptors (Lipinski definition) is 2. The Labute approximate surface area is 116 Å². The minimum Gasteiger partial charge on any atom is -0.381 e. The van der Waals surface area contributed by atoms with Crippen molar-refractivity contribution in [1.29, 1.82) is 0 Å². The lowest BCUT2D eigenvalue weighted by atomic mass is 9.96. The molecule has 0 spiro atoms. The van der Waals surface area contributed by atoms with Crippen LogP contribution in [0.5, 0.6) is 0 Å². The summed E-state index contributed by atoms with van der Waals surface area (Å²) in [6.45, 7) is 7.61. The first-order valence-corrected chi connectivity index (χ1v) is 7.18. The zero-order chi connectivity index (χ0) is 14.1. The molecule has 1 N–H and O–H groups in total. The van der Waals surface area contributed by atoms with Crippen molar-refractivity contribution in [1.82, 2.24) is 0 Å². The van der Waals surface area contributed by atoms with E-state index in [1.165, 1.54) is 0 Å². The van der Waals surface area contributed by atoms with Crippen molar-refractivity contribution >= 4 is 11.6 Å². The van der Waals surface area contributed by atoms with Gasteiger partial charge in [0.15, 0.2) is 0 Å². The lowest BCUT2D eigenvalue weighted by Gasteiger charge is -2.21. The van der Waals surface area contributed by atoms with Crippen molar-refractivity contribution < 1.29 is 9.53 Å². The molecule has 3 heteroatoms. The van der Waals surface area contributed by atoms with Crippen LogP contribution < -0.4 is 5.32 Å². The van der Waals surface area contributed by atoms with Gasteiger partial charge in [0.25, 0.3) is 0 Å². The number of nitrogens with one attached hydrogen (secondary N) is 1. The van der Waals surface area contributed by atoms with Gasteiger partial charge in [-0.2, -0.15) is 0 Å². The van der Waals surface area contributed by atoms with Crippen LogP contribution in [0.1, 0.15) is 38.7 Å². The van der Waals surface area contributed by atoms with E-state index in [4.69, 9.17) is 4.74 Å². The molecule has 1 aromatic carbocycles. The Morgan fingerprint density at radius 2 is 2.00 bits per heavy atom. The van der Waals surface area contributed by atoms with E-state index in [2.05, 4.69) is 5.32 Å². The molecule has 106 valence electrons. The number of carbonyl (C=O) groups is 1. The predicted octanol–water partition coefficient (Wildman–Crippen LogP) is 3.78. The van der Waals surface area contributed by atoms with Crippen molar-refractivity contribution in [3.05, 3.63) is 29.8 Å². The molecule has 0 aliphatic carbocycles. The molecular formula is C16H25NO2. The van der Waals surface area contributed by atoms with Crippen molar-refractivity contribution in [3.63, 3.8) is 0 Å². The summed E-state index contributed by atoms with van der Waals surface area (Å²) >= 11 is 0. The lowest BCUT2D eigenvalue weighted by molar-refractivity contribution is -0.117. The Bertz CT molecular complexity index is 384. The molecule has 1 heterocycles. The standard InChI is InChI=1S/C14H19NO2.C2H6/c1-11-3-2-4-13(9-11)15-14(16)10-12-5-7-17-8-6-12;1-2/h2-4,9,12H,5-8,10H2,1H3,(H,15,16);1-2H3. The van der Waals surface area contributed by atoms with Gasteiger partial charge in [-0.05, 0) is 43.4 Å². The highest BCUT2D eigenvalue weighted by Gasteiger charge is 2.17. The summed E-state index contributed by atoms with van der Waals surface area (Å²) in [6.07, 6.45) is 2.61. The van der Waals surface area contributed by atoms with Crippen molar-refractivity contribution in [2.45, 2.75) is 40.0 Å². The van der Waals surface area contributed by atoms with Crippen LogP contribution in [0.15, 0.2) is 24.3 Å². The molecule has 0 bridgehead atoms. The molecule has 1 saturated heterocycles. The third-order valence-electron chi connectivity index (χ3n) is 3.12. The van der Waals surface area contributed by atoms with Crippen LogP contribution in [0.3, 0.4) is 0 Å². The van der Waals surface area contributed by atoms with Gasteiger partial charge >= 0.3 is 0 Å². The second-order valence-electron chi connectivity index (χ2n) is 4.68. The van der Waals surface area contributed by atoms with E-state index in [1.807, 2.05) is 45.0 Å². The number of hydrogen-bond donors (Lipinski definition) is 1. The van der Waals surface area contributed by atoms with Gasteiger partial charge < -0.3 is 10.1 Å². The molecule has 0 aromatic heterocycles. The average molecular weight is 263 g/mol. The van der Waals surface area contributed by atoms with Crippen LogP contribution >= 0.6 is 0 Å². The number of rotatable bonds is 3. The van der Waals surface area contributed by atoms with E-state index in [1.54, 1.807) is 0 Å². The first-order chi connectivity index (χ1) is 9.24. The normalized spacial score (nSPS) is 15.3. The fraction of sp³-hybridized carbons (Fsp3) is 0.562. The van der Waals surface area contributed by atoms with Gasteiger partial charge in [0.2, 0.25) is 5.91 Å². The van der Waals surface area contributed by atoms with E-state index in [9.17, 15) is 4.79 Å². The molecule has 2 rings (SSSR count). The molecule has 0 saturated carbocycles. The minimum absolute atomic E-state index is 0.113. The highest BCUT2D eigenvalue weighted by Crippen LogP contribution is 2.19. The minimum atomic E-state index is 0.113. The van der Waals surface area contributed by atoms with Crippen molar-refractivity contribution in [2.75, 3.05) is 18.5 Å². The molecule has 1 fully saturated rings. The highest BCUT2D eigenvalue weighted by atomic mass is 16.5. The topological polar surface area (TPSA) is 38.3 Å². The summed E-state index contributed by atoms with van der Waals surface area (Å²) in [5, 5.41) is 2.95. The first kappa shape index (κ1) is 15.7. The smallest absolute Gasteiger partial charge is 0.224 e. The molecule has 1 aromatic rings. The van der Waals surface area contributed by atoms with Crippen molar-refractivity contribution in [2.24, 2.45) is 5.92 Å². The maximum atomic E-state index is 11.8. The van der Waals surface area contributed by atoms with Gasteiger partial charge in [0, 0.05) is 25.3 Å². The van der Waals surface area contributed by atoms with E-state index >= 15 is 0 Å². The zero-order valence-electron chi connectivity index (χ0n) is 12.2. The summed E-state index contributed by atoms with van der Waals surface area (Å²) in [7, 11) is 0. The maximum Gasteiger partial charge on any atom is 0.224 e. The Hall–Kier alpha value is -1.35. The number of anilines is 1. The summed E-state index contributed by atoms with van der Waals surface area (Å²) in [5.74, 6) is 0.594. The van der Waals surface area contributed by atoms with Crippen LogP contribution in [-0.4, -0.2) is 19.1 Å². The van der Waals surface area contributed by atoms with Gasteiger partial charge in [-0.15, -0.1) is 0 Å². The average Bonchev–Trinajstić information content (AvgIpc) is 2.42. The quantitative estimate of drug-likeness (QED) is 0.901. The molecular weight excluding hydrogens is 238 g/mol. The molecule has 3 nitrogen and oxygen atoms in total. The second-order valence-corrected chi connectivity index (χ2v) is 4.68. The third-order valence-corrected chi connectivity index (χ3v) is 3.12. The fourth-order valence-corrected chi connectivity index (χ4v) is 2.15. The van der Waals surface area contributed by atoms with Crippen LogP contribution in [0.4, 0.5) is 5.69 Å². The predicted molar refractivity (Wildman–Crippen MR) is 79.3 cm³/mol. The SMILES string of the molecule is CC.Cc1cccc(NC(=O)CC2CCOCC2)c1. The van der Waals surface area contributed by atoms with Crippen LogP contribution in [0.25, 0.3) is 0 Å². The van der Waals surface area contributed by atoms with Gasteiger partial charge in [-0.1, -0.05) is 26.0 Å². The van der Waals surface area contributed by atoms with Gasteiger partial charge in [-0.3, -0.25) is 4.79 Å². The molecule has 19 heavy (non-hydrogen) atoms. The van der Waals surface area contributed by atoms with E-state index < -0.39 is 0 Å². The molecule has 0 atom stereocenters. The highest BCUT2D eigenvalue weighted by molar-refractivity contribution is 5.90. The molecule has 1 aliphatic rings. The second kappa shape index (κ2) is 8.70. The lowest BCUT2D eigenvalue weighted by Crippen LogP contribution is -2.22. The third kappa shape index (κ3) is 5.88. The van der Waals surface area contributed by atoms with Gasteiger partial charge in [0.1, 0.15) is 0 Å². The van der Waals surface area contributed by atoms with Crippen LogP contribution in [0.2, 0.25) is 0 Å². The van der Waals surface area contributed by atoms with E-state index in [0.29, 0.717) is 12.3 Å². The monoisotopic (exact) mass is 263 g/mol. The van der Waals surface area contributed by atoms with Crippen LogP contribution in [0, 0.1) is 12.8 Å². The van der Waals surface area contributed by atoms with Crippen molar-refractivity contribution in [3.8, 4) is 0 Å². The summed E-state index contributed by atoms with van der Waals surface area (Å²) < 4.78 is 5.28. The number of benzene rings is 1. The fourth-order valence-electron chi connectivity index (χ4n) is 2.15. The summed E-state index contributed by atoms with van der Waals surface area (Å²) in [5.41, 5.74) is 2.05. The van der Waals surface area contributed by atoms with Gasteiger partial charge in [0.05, 0.1) is 0 Å². The number of aryl methyl sites for hydroxylation is 1. The van der Waals surface area contributed by atoms with E-state index in [-0.39, 0.29) is 5.91 Å². The molecule has 0 unspecified atom stereocenters. The Morgan fingerprint density at radius 3 is 2.63 bits per heavy atom.